The molecule has 1 amide bonds. The number of amides is 1. The summed E-state index contributed by atoms with van der Waals surface area (Å²) in [6.07, 6.45) is 2.25. The standard InChI is InChI=1S/C28H27N3O6S/c1-4-16-36-27(33)23-18(2)24(28(34)35-3)38-26(23)29-25(32)22-14-15-31(30-22)17-37-21-12-10-20(11-13-21)19-8-6-5-7-9-19/h5-15H,4,16-17H2,1-3H3,(H,29,32). The average molecular weight is 534 g/mol. The first-order valence-corrected chi connectivity index (χ1v) is 12.7. The van der Waals surface area contributed by atoms with Crippen molar-refractivity contribution in [2.75, 3.05) is 19.0 Å². The zero-order valence-electron chi connectivity index (χ0n) is 21.2. The summed E-state index contributed by atoms with van der Waals surface area (Å²) in [4.78, 5) is 38.0. The molecule has 0 fully saturated rings. The Hall–Kier alpha value is -4.44. The molecule has 0 aliphatic rings. The Morgan fingerprint density at radius 2 is 1.68 bits per heavy atom. The smallest absolute Gasteiger partial charge is 0.348 e. The van der Waals surface area contributed by atoms with Crippen molar-refractivity contribution < 1.29 is 28.6 Å². The highest BCUT2D eigenvalue weighted by molar-refractivity contribution is 7.18. The number of carbonyl (C=O) groups is 3. The Bertz CT molecular complexity index is 1430. The fraction of sp³-hybridized carbons (Fsp3) is 0.214. The van der Waals surface area contributed by atoms with E-state index in [-0.39, 0.29) is 34.5 Å². The summed E-state index contributed by atoms with van der Waals surface area (Å²) in [7, 11) is 1.25. The van der Waals surface area contributed by atoms with Crippen LogP contribution in [-0.2, 0) is 16.2 Å². The van der Waals surface area contributed by atoms with Gasteiger partial charge in [-0.2, -0.15) is 5.10 Å². The summed E-state index contributed by atoms with van der Waals surface area (Å²) in [6.45, 7) is 3.79. The molecule has 2 heterocycles. The summed E-state index contributed by atoms with van der Waals surface area (Å²) in [5, 5.41) is 7.15. The van der Waals surface area contributed by atoms with Gasteiger partial charge in [0, 0.05) is 6.20 Å². The third-order valence-corrected chi connectivity index (χ3v) is 6.77. The molecule has 2 aromatic heterocycles. The molecule has 4 aromatic rings. The minimum Gasteiger partial charge on any atom is -0.471 e. The number of methoxy groups -OCH3 is 1. The molecule has 10 heteroatoms. The second-order valence-corrected chi connectivity index (χ2v) is 9.27. The summed E-state index contributed by atoms with van der Waals surface area (Å²) >= 11 is 0.951. The first kappa shape index (κ1) is 26.6. The van der Waals surface area contributed by atoms with E-state index in [1.54, 1.807) is 13.1 Å². The van der Waals surface area contributed by atoms with Crippen molar-refractivity contribution in [2.45, 2.75) is 27.0 Å². The zero-order chi connectivity index (χ0) is 27.1. The molecule has 38 heavy (non-hydrogen) atoms. The molecule has 4 rings (SSSR count). The van der Waals surface area contributed by atoms with E-state index in [4.69, 9.17) is 14.2 Å². The molecule has 0 spiro atoms. The lowest BCUT2D eigenvalue weighted by Crippen LogP contribution is -2.16. The predicted molar refractivity (Wildman–Crippen MR) is 144 cm³/mol. The van der Waals surface area contributed by atoms with Gasteiger partial charge in [0.05, 0.1) is 19.3 Å². The molecule has 0 atom stereocenters. The molecule has 0 aliphatic carbocycles. The molecular formula is C28H27N3O6S. The molecule has 2 aromatic carbocycles. The lowest BCUT2D eigenvalue weighted by atomic mass is 10.1. The van der Waals surface area contributed by atoms with E-state index in [1.165, 1.54) is 17.9 Å². The van der Waals surface area contributed by atoms with Gasteiger partial charge in [0.15, 0.2) is 12.4 Å². The minimum absolute atomic E-state index is 0.0944. The van der Waals surface area contributed by atoms with Crippen LogP contribution in [0.4, 0.5) is 5.00 Å². The monoisotopic (exact) mass is 533 g/mol. The fourth-order valence-corrected chi connectivity index (χ4v) is 4.75. The van der Waals surface area contributed by atoms with E-state index in [2.05, 4.69) is 10.4 Å². The van der Waals surface area contributed by atoms with Crippen LogP contribution in [0.2, 0.25) is 0 Å². The summed E-state index contributed by atoms with van der Waals surface area (Å²) < 4.78 is 17.3. The SMILES string of the molecule is CCCOC(=O)c1c(NC(=O)c2ccn(COc3ccc(-c4ccccc4)cc3)n2)sc(C(=O)OC)c1C. The number of hydrogen-bond donors (Lipinski definition) is 1. The number of benzene rings is 2. The van der Waals surface area contributed by atoms with E-state index in [0.29, 0.717) is 17.7 Å². The van der Waals surface area contributed by atoms with Gasteiger partial charge in [-0.05, 0) is 48.2 Å². The molecular weight excluding hydrogens is 506 g/mol. The van der Waals surface area contributed by atoms with Crippen molar-refractivity contribution in [3.8, 4) is 16.9 Å². The maximum absolute atomic E-state index is 12.9. The Kier molecular flexibility index (Phi) is 8.55. The number of hydrogen-bond acceptors (Lipinski definition) is 8. The summed E-state index contributed by atoms with van der Waals surface area (Å²) in [6, 6.07) is 19.3. The molecule has 0 saturated carbocycles. The van der Waals surface area contributed by atoms with Crippen LogP contribution >= 0.6 is 11.3 Å². The second kappa shape index (κ2) is 12.2. The van der Waals surface area contributed by atoms with E-state index in [0.717, 1.165) is 22.5 Å². The van der Waals surface area contributed by atoms with Crippen molar-refractivity contribution in [1.29, 1.82) is 0 Å². The van der Waals surface area contributed by atoms with Gasteiger partial charge in [-0.15, -0.1) is 11.3 Å². The first-order chi connectivity index (χ1) is 18.4. The quantitative estimate of drug-likeness (QED) is 0.266. The van der Waals surface area contributed by atoms with Crippen LogP contribution in [0.1, 0.15) is 49.4 Å². The third kappa shape index (κ3) is 6.09. The molecule has 9 nitrogen and oxygen atoms in total. The average Bonchev–Trinajstić information content (AvgIpc) is 3.55. The fourth-order valence-electron chi connectivity index (χ4n) is 3.64. The van der Waals surface area contributed by atoms with Gasteiger partial charge in [0.1, 0.15) is 15.6 Å². The number of thiophene rings is 1. The maximum Gasteiger partial charge on any atom is 0.348 e. The van der Waals surface area contributed by atoms with Crippen LogP contribution in [0, 0.1) is 6.92 Å². The van der Waals surface area contributed by atoms with Crippen molar-refractivity contribution in [3.63, 3.8) is 0 Å². The van der Waals surface area contributed by atoms with Gasteiger partial charge in [-0.3, -0.25) is 4.79 Å². The van der Waals surface area contributed by atoms with E-state index < -0.39 is 17.8 Å². The zero-order valence-corrected chi connectivity index (χ0v) is 22.0. The molecule has 196 valence electrons. The van der Waals surface area contributed by atoms with Crippen LogP contribution in [0.15, 0.2) is 66.9 Å². The topological polar surface area (TPSA) is 109 Å². The third-order valence-electron chi connectivity index (χ3n) is 5.58. The van der Waals surface area contributed by atoms with Crippen molar-refractivity contribution in [1.82, 2.24) is 9.78 Å². The predicted octanol–water partition coefficient (Wildman–Crippen LogP) is 5.56. The van der Waals surface area contributed by atoms with Gasteiger partial charge in [0.25, 0.3) is 5.91 Å². The van der Waals surface area contributed by atoms with E-state index in [1.807, 2.05) is 61.5 Å². The molecule has 1 N–H and O–H groups in total. The minimum atomic E-state index is -0.622. The van der Waals surface area contributed by atoms with Crippen molar-refractivity contribution in [2.24, 2.45) is 0 Å². The van der Waals surface area contributed by atoms with Gasteiger partial charge in [-0.25, -0.2) is 14.3 Å². The van der Waals surface area contributed by atoms with E-state index >= 15 is 0 Å². The number of esters is 2. The number of ether oxygens (including phenoxy) is 3. The highest BCUT2D eigenvalue weighted by Gasteiger charge is 2.27. The largest absolute Gasteiger partial charge is 0.471 e. The van der Waals surface area contributed by atoms with Gasteiger partial charge in [-0.1, -0.05) is 49.4 Å². The van der Waals surface area contributed by atoms with Gasteiger partial charge in [0.2, 0.25) is 0 Å². The van der Waals surface area contributed by atoms with Crippen LogP contribution in [0.25, 0.3) is 11.1 Å². The van der Waals surface area contributed by atoms with Crippen LogP contribution in [0.5, 0.6) is 5.75 Å². The Labute approximate surface area is 224 Å². The number of aromatic nitrogens is 2. The van der Waals surface area contributed by atoms with E-state index in [9.17, 15) is 14.4 Å². The Morgan fingerprint density at radius 1 is 0.974 bits per heavy atom. The van der Waals surface area contributed by atoms with Gasteiger partial charge < -0.3 is 19.5 Å². The van der Waals surface area contributed by atoms with Crippen LogP contribution in [0.3, 0.4) is 0 Å². The van der Waals surface area contributed by atoms with Crippen LogP contribution < -0.4 is 10.1 Å². The number of nitrogens with one attached hydrogen (secondary N) is 1. The Morgan fingerprint density at radius 3 is 2.37 bits per heavy atom. The number of nitrogens with zero attached hydrogens (tertiary/aromatic N) is 2. The lowest BCUT2D eigenvalue weighted by Gasteiger charge is -2.08. The maximum atomic E-state index is 12.9. The Balaban J connectivity index is 1.43. The molecule has 0 bridgehead atoms. The highest BCUT2D eigenvalue weighted by Crippen LogP contribution is 2.34. The second-order valence-electron chi connectivity index (χ2n) is 8.25. The summed E-state index contributed by atoms with van der Waals surface area (Å²) in [5.74, 6) is -1.11. The van der Waals surface area contributed by atoms with Crippen molar-refractivity contribution >= 4 is 34.2 Å². The van der Waals surface area contributed by atoms with Gasteiger partial charge >= 0.3 is 11.9 Å². The highest BCUT2D eigenvalue weighted by atomic mass is 32.1. The van der Waals surface area contributed by atoms with Crippen molar-refractivity contribution in [3.05, 3.63) is 88.6 Å². The molecule has 0 radical (unpaired) electrons. The first-order valence-electron chi connectivity index (χ1n) is 11.9. The molecule has 0 aliphatic heterocycles. The number of rotatable bonds is 10. The summed E-state index contributed by atoms with van der Waals surface area (Å²) in [5.41, 5.74) is 2.82. The number of anilines is 1. The molecule has 0 saturated heterocycles. The molecule has 0 unspecified atom stereocenters. The normalized spacial score (nSPS) is 10.6. The lowest BCUT2D eigenvalue weighted by molar-refractivity contribution is 0.0506. The van der Waals surface area contributed by atoms with Crippen LogP contribution in [-0.4, -0.2) is 41.3 Å². The number of carbonyl (C=O) groups excluding carboxylic acids is 3.